The van der Waals surface area contributed by atoms with Crippen molar-refractivity contribution in [1.82, 2.24) is 10.1 Å². The van der Waals surface area contributed by atoms with Crippen LogP contribution in [0.5, 0.6) is 0 Å². The van der Waals surface area contributed by atoms with E-state index in [1.54, 1.807) is 0 Å². The van der Waals surface area contributed by atoms with Crippen molar-refractivity contribution in [3.63, 3.8) is 0 Å². The van der Waals surface area contributed by atoms with Crippen LogP contribution in [0.15, 0.2) is 53.1 Å². The van der Waals surface area contributed by atoms with E-state index in [-0.39, 0.29) is 11.7 Å². The van der Waals surface area contributed by atoms with Crippen LogP contribution in [0.1, 0.15) is 49.3 Å². The molecule has 3 rings (SSSR count). The number of hydrogen-bond donors (Lipinski definition) is 0. The lowest BCUT2D eigenvalue weighted by atomic mass is 9.97. The zero-order valence-corrected chi connectivity index (χ0v) is 15.4. The minimum Gasteiger partial charge on any atom is -0.338 e. The molecule has 0 radical (unpaired) electrons. The highest BCUT2D eigenvalue weighted by atomic mass is 19.4. The molecule has 0 N–H and O–H groups in total. The van der Waals surface area contributed by atoms with Crippen molar-refractivity contribution in [3.8, 4) is 11.4 Å². The summed E-state index contributed by atoms with van der Waals surface area (Å²) < 4.78 is 43.3. The summed E-state index contributed by atoms with van der Waals surface area (Å²) in [7, 11) is 0. The number of halogens is 3. The molecule has 0 saturated carbocycles. The molecule has 0 aliphatic rings. The third-order valence-electron chi connectivity index (χ3n) is 4.41. The highest BCUT2D eigenvalue weighted by Crippen LogP contribution is 2.31. The molecule has 6 heteroatoms. The van der Waals surface area contributed by atoms with Crippen LogP contribution in [0, 0.1) is 5.92 Å². The molecule has 1 heterocycles. The van der Waals surface area contributed by atoms with Gasteiger partial charge < -0.3 is 4.52 Å². The molecular formula is C21H21F3N2O. The second-order valence-corrected chi connectivity index (χ2v) is 7.09. The molecule has 3 nitrogen and oxygen atoms in total. The Labute approximate surface area is 156 Å². The van der Waals surface area contributed by atoms with Gasteiger partial charge in [0.15, 0.2) is 0 Å². The van der Waals surface area contributed by atoms with Crippen molar-refractivity contribution in [1.29, 1.82) is 0 Å². The second kappa shape index (κ2) is 7.55. The van der Waals surface area contributed by atoms with Crippen molar-refractivity contribution in [2.75, 3.05) is 0 Å². The lowest BCUT2D eigenvalue weighted by molar-refractivity contribution is -0.137. The van der Waals surface area contributed by atoms with Gasteiger partial charge >= 0.3 is 6.18 Å². The normalized spacial score (nSPS) is 13.1. The standard InChI is InChI=1S/C21H21F3N2O/c1-13(2)12-15-4-6-16(7-5-15)14(3)20-25-19(26-27-20)17-8-10-18(11-9-17)21(22,23)24/h4-11,13-14H,12H2,1-3H3/t14-/m1/s1. The summed E-state index contributed by atoms with van der Waals surface area (Å²) in [6.45, 7) is 6.32. The summed E-state index contributed by atoms with van der Waals surface area (Å²) in [6, 6.07) is 13.0. The number of rotatable bonds is 5. The van der Waals surface area contributed by atoms with Crippen molar-refractivity contribution in [2.24, 2.45) is 5.92 Å². The Balaban J connectivity index is 1.76. The van der Waals surface area contributed by atoms with Crippen molar-refractivity contribution in [3.05, 3.63) is 71.1 Å². The summed E-state index contributed by atoms with van der Waals surface area (Å²) in [5.74, 6) is 1.20. The van der Waals surface area contributed by atoms with E-state index >= 15 is 0 Å². The first kappa shape index (κ1) is 19.1. The predicted molar refractivity (Wildman–Crippen MR) is 97.2 cm³/mol. The summed E-state index contributed by atoms with van der Waals surface area (Å²) in [6.07, 6.45) is -3.34. The van der Waals surface area contributed by atoms with Crippen molar-refractivity contribution in [2.45, 2.75) is 39.3 Å². The van der Waals surface area contributed by atoms with E-state index in [2.05, 4.69) is 36.1 Å². The van der Waals surface area contributed by atoms with Crippen LogP contribution in [-0.4, -0.2) is 10.1 Å². The highest BCUT2D eigenvalue weighted by molar-refractivity contribution is 5.55. The Hall–Kier alpha value is -2.63. The van der Waals surface area contributed by atoms with Crippen LogP contribution in [0.2, 0.25) is 0 Å². The maximum atomic E-state index is 12.7. The number of nitrogens with zero attached hydrogens (tertiary/aromatic N) is 2. The Morgan fingerprint density at radius 2 is 1.56 bits per heavy atom. The van der Waals surface area contributed by atoms with E-state index in [1.165, 1.54) is 17.7 Å². The quantitative estimate of drug-likeness (QED) is 0.541. The SMILES string of the molecule is CC(C)Cc1ccc([C@@H](C)c2nc(-c3ccc(C(F)(F)F)cc3)no2)cc1. The molecular weight excluding hydrogens is 353 g/mol. The summed E-state index contributed by atoms with van der Waals surface area (Å²) in [5.41, 5.74) is 2.10. The minimum absolute atomic E-state index is 0.103. The minimum atomic E-state index is -4.36. The summed E-state index contributed by atoms with van der Waals surface area (Å²) >= 11 is 0. The van der Waals surface area contributed by atoms with Crippen LogP contribution in [-0.2, 0) is 12.6 Å². The van der Waals surface area contributed by atoms with Gasteiger partial charge in [0.05, 0.1) is 11.5 Å². The highest BCUT2D eigenvalue weighted by Gasteiger charge is 2.30. The van der Waals surface area contributed by atoms with E-state index in [4.69, 9.17) is 4.52 Å². The van der Waals surface area contributed by atoms with Crippen LogP contribution < -0.4 is 0 Å². The number of aromatic nitrogens is 2. The van der Waals surface area contributed by atoms with Crippen LogP contribution in [0.3, 0.4) is 0 Å². The molecule has 2 aromatic carbocycles. The molecule has 0 aliphatic heterocycles. The molecule has 1 aromatic heterocycles. The third kappa shape index (κ3) is 4.56. The average molecular weight is 374 g/mol. The molecule has 27 heavy (non-hydrogen) atoms. The molecule has 0 spiro atoms. The Morgan fingerprint density at radius 3 is 2.11 bits per heavy atom. The van der Waals surface area contributed by atoms with Gasteiger partial charge in [0.1, 0.15) is 0 Å². The fraction of sp³-hybridized carbons (Fsp3) is 0.333. The first-order valence-electron chi connectivity index (χ1n) is 8.84. The van der Waals surface area contributed by atoms with E-state index in [9.17, 15) is 13.2 Å². The van der Waals surface area contributed by atoms with E-state index in [0.717, 1.165) is 24.1 Å². The molecule has 1 atom stereocenters. The number of hydrogen-bond acceptors (Lipinski definition) is 3. The molecule has 0 bridgehead atoms. The molecule has 0 aliphatic carbocycles. The van der Waals surface area contributed by atoms with Crippen LogP contribution in [0.4, 0.5) is 13.2 Å². The fourth-order valence-electron chi connectivity index (χ4n) is 2.89. The molecule has 3 aromatic rings. The maximum absolute atomic E-state index is 12.7. The zero-order chi connectivity index (χ0) is 19.6. The van der Waals surface area contributed by atoms with Gasteiger partial charge in [-0.05, 0) is 42.5 Å². The monoisotopic (exact) mass is 374 g/mol. The van der Waals surface area contributed by atoms with E-state index < -0.39 is 11.7 Å². The van der Waals surface area contributed by atoms with E-state index in [0.29, 0.717) is 17.4 Å². The lowest BCUT2D eigenvalue weighted by Crippen LogP contribution is -2.04. The number of benzene rings is 2. The van der Waals surface area contributed by atoms with Gasteiger partial charge in [0.25, 0.3) is 0 Å². The van der Waals surface area contributed by atoms with Gasteiger partial charge in [0, 0.05) is 5.56 Å². The van der Waals surface area contributed by atoms with Crippen molar-refractivity contribution >= 4 is 0 Å². The van der Waals surface area contributed by atoms with Gasteiger partial charge in [-0.1, -0.05) is 55.4 Å². The molecule has 142 valence electrons. The van der Waals surface area contributed by atoms with Gasteiger partial charge in [0.2, 0.25) is 11.7 Å². The molecule has 0 fully saturated rings. The number of alkyl halides is 3. The largest absolute Gasteiger partial charge is 0.416 e. The zero-order valence-electron chi connectivity index (χ0n) is 15.4. The van der Waals surface area contributed by atoms with Crippen LogP contribution in [0.25, 0.3) is 11.4 Å². The Morgan fingerprint density at radius 1 is 0.926 bits per heavy atom. The topological polar surface area (TPSA) is 38.9 Å². The lowest BCUT2D eigenvalue weighted by Gasteiger charge is -2.09. The molecule has 0 saturated heterocycles. The first-order valence-corrected chi connectivity index (χ1v) is 8.84. The van der Waals surface area contributed by atoms with Gasteiger partial charge in [-0.25, -0.2) is 0 Å². The fourth-order valence-corrected chi connectivity index (χ4v) is 2.89. The summed E-state index contributed by atoms with van der Waals surface area (Å²) in [4.78, 5) is 4.36. The van der Waals surface area contributed by atoms with E-state index in [1.807, 2.05) is 19.1 Å². The maximum Gasteiger partial charge on any atom is 0.416 e. The van der Waals surface area contributed by atoms with Gasteiger partial charge in [-0.2, -0.15) is 18.2 Å². The Bertz CT molecular complexity index is 881. The molecule has 0 amide bonds. The smallest absolute Gasteiger partial charge is 0.338 e. The first-order chi connectivity index (χ1) is 12.7. The third-order valence-corrected chi connectivity index (χ3v) is 4.41. The Kier molecular flexibility index (Phi) is 5.35. The van der Waals surface area contributed by atoms with Gasteiger partial charge in [-0.15, -0.1) is 0 Å². The molecule has 0 unspecified atom stereocenters. The summed E-state index contributed by atoms with van der Waals surface area (Å²) in [5, 5.41) is 3.91. The predicted octanol–water partition coefficient (Wildman–Crippen LogP) is 6.11. The average Bonchev–Trinajstić information content (AvgIpc) is 3.11. The van der Waals surface area contributed by atoms with Crippen molar-refractivity contribution < 1.29 is 17.7 Å². The second-order valence-electron chi connectivity index (χ2n) is 7.09. The van der Waals surface area contributed by atoms with Crippen LogP contribution >= 0.6 is 0 Å². The van der Waals surface area contributed by atoms with Gasteiger partial charge in [-0.3, -0.25) is 0 Å².